The number of methoxy groups -OCH3 is 1. The smallest absolute Gasteiger partial charge is 0.373 e. The molecule has 0 bridgehead atoms. The number of furan rings is 1. The van der Waals surface area contributed by atoms with Gasteiger partial charge in [0.1, 0.15) is 5.58 Å². The Balaban J connectivity index is 0.00000225. The van der Waals surface area contributed by atoms with Crippen molar-refractivity contribution in [1.29, 1.82) is 0 Å². The van der Waals surface area contributed by atoms with Gasteiger partial charge >= 0.3 is 5.97 Å². The number of hydrogen-bond donors (Lipinski definition) is 2. The molecule has 0 spiro atoms. The molecule has 1 amide bonds. The number of anilines is 1. The second kappa shape index (κ2) is 8.87. The van der Waals surface area contributed by atoms with Gasteiger partial charge in [-0.2, -0.15) is 0 Å². The molecule has 1 aliphatic rings. The lowest BCUT2D eigenvalue weighted by atomic mass is 9.93. The number of nitrogens with one attached hydrogen (secondary N) is 2. The Morgan fingerprint density at radius 2 is 2.04 bits per heavy atom. The Morgan fingerprint density at radius 1 is 1.28 bits per heavy atom. The third kappa shape index (κ3) is 4.96. The molecule has 2 heterocycles. The highest BCUT2D eigenvalue weighted by Gasteiger charge is 2.15. The zero-order valence-electron chi connectivity index (χ0n) is 14.2. The van der Waals surface area contributed by atoms with E-state index in [1.165, 1.54) is 7.11 Å². The first-order valence-electron chi connectivity index (χ1n) is 8.28. The number of amides is 1. The molecule has 0 aliphatic carbocycles. The topological polar surface area (TPSA) is 80.6 Å². The third-order valence-corrected chi connectivity index (χ3v) is 4.43. The van der Waals surface area contributed by atoms with E-state index in [4.69, 9.17) is 4.42 Å². The molecular weight excluding hydrogens is 344 g/mol. The highest BCUT2D eigenvalue weighted by molar-refractivity contribution is 5.96. The van der Waals surface area contributed by atoms with Crippen LogP contribution in [0.1, 0.15) is 36.2 Å². The molecule has 25 heavy (non-hydrogen) atoms. The predicted octanol–water partition coefficient (Wildman–Crippen LogP) is 3.36. The van der Waals surface area contributed by atoms with Crippen molar-refractivity contribution in [1.82, 2.24) is 5.32 Å². The van der Waals surface area contributed by atoms with Crippen LogP contribution in [0, 0.1) is 5.92 Å². The van der Waals surface area contributed by atoms with Crippen LogP contribution in [0.15, 0.2) is 28.7 Å². The van der Waals surface area contributed by atoms with Gasteiger partial charge in [-0.05, 0) is 62.5 Å². The summed E-state index contributed by atoms with van der Waals surface area (Å²) in [4.78, 5) is 23.6. The van der Waals surface area contributed by atoms with Crippen molar-refractivity contribution >= 4 is 40.9 Å². The summed E-state index contributed by atoms with van der Waals surface area (Å²) < 4.78 is 10.1. The maximum Gasteiger partial charge on any atom is 0.373 e. The number of piperidine rings is 1. The van der Waals surface area contributed by atoms with Gasteiger partial charge in [0.2, 0.25) is 11.7 Å². The fraction of sp³-hybridized carbons (Fsp3) is 0.444. The minimum Gasteiger partial charge on any atom is -0.463 e. The number of hydrogen-bond acceptors (Lipinski definition) is 5. The van der Waals surface area contributed by atoms with Gasteiger partial charge in [-0.1, -0.05) is 0 Å². The molecule has 2 N–H and O–H groups in total. The van der Waals surface area contributed by atoms with Gasteiger partial charge in [0.05, 0.1) is 7.11 Å². The summed E-state index contributed by atoms with van der Waals surface area (Å²) in [5.74, 6) is 0.293. The second-order valence-electron chi connectivity index (χ2n) is 6.14. The van der Waals surface area contributed by atoms with Crippen LogP contribution >= 0.6 is 12.4 Å². The molecule has 136 valence electrons. The first-order valence-corrected chi connectivity index (χ1v) is 8.28. The van der Waals surface area contributed by atoms with Gasteiger partial charge in [0, 0.05) is 17.5 Å². The summed E-state index contributed by atoms with van der Waals surface area (Å²) in [5, 5.41) is 7.00. The first-order chi connectivity index (χ1) is 11.7. The monoisotopic (exact) mass is 366 g/mol. The quantitative estimate of drug-likeness (QED) is 0.793. The molecule has 1 aliphatic heterocycles. The van der Waals surface area contributed by atoms with E-state index in [0.29, 0.717) is 23.6 Å². The molecule has 7 heteroatoms. The number of carbonyl (C=O) groups excluding carboxylic acids is 2. The van der Waals surface area contributed by atoms with Crippen molar-refractivity contribution in [2.75, 3.05) is 25.5 Å². The molecule has 0 unspecified atom stereocenters. The molecule has 2 aromatic rings. The molecule has 0 radical (unpaired) electrons. The normalized spacial score (nSPS) is 14.8. The zero-order chi connectivity index (χ0) is 16.9. The van der Waals surface area contributed by atoms with Crippen LogP contribution in [0.2, 0.25) is 0 Å². The Labute approximate surface area is 152 Å². The van der Waals surface area contributed by atoms with E-state index >= 15 is 0 Å². The number of esters is 1. The van der Waals surface area contributed by atoms with Crippen molar-refractivity contribution in [2.24, 2.45) is 5.92 Å². The van der Waals surface area contributed by atoms with Gasteiger partial charge in [0.25, 0.3) is 0 Å². The molecule has 1 aromatic heterocycles. The van der Waals surface area contributed by atoms with Gasteiger partial charge in [0.15, 0.2) is 0 Å². The summed E-state index contributed by atoms with van der Waals surface area (Å²) in [6, 6.07) is 6.93. The fourth-order valence-corrected chi connectivity index (χ4v) is 3.05. The number of halogens is 1. The Kier molecular flexibility index (Phi) is 6.84. The highest BCUT2D eigenvalue weighted by Crippen LogP contribution is 2.24. The van der Waals surface area contributed by atoms with E-state index in [1.54, 1.807) is 24.3 Å². The maximum absolute atomic E-state index is 12.1. The lowest BCUT2D eigenvalue weighted by molar-refractivity contribution is -0.116. The molecule has 0 atom stereocenters. The van der Waals surface area contributed by atoms with Crippen LogP contribution in [0.25, 0.3) is 11.0 Å². The molecule has 3 rings (SSSR count). The van der Waals surface area contributed by atoms with Crippen molar-refractivity contribution in [3.05, 3.63) is 30.0 Å². The second-order valence-corrected chi connectivity index (χ2v) is 6.14. The number of benzene rings is 1. The molecule has 6 nitrogen and oxygen atoms in total. The molecule has 1 fully saturated rings. The lowest BCUT2D eigenvalue weighted by Gasteiger charge is -2.22. The highest BCUT2D eigenvalue weighted by atomic mass is 35.5. The van der Waals surface area contributed by atoms with Crippen molar-refractivity contribution in [3.8, 4) is 0 Å². The SMILES string of the molecule is COC(=O)c1cc2cc(NC(=O)CCC3CCNCC3)ccc2o1.Cl. The predicted molar refractivity (Wildman–Crippen MR) is 98.3 cm³/mol. The van der Waals surface area contributed by atoms with E-state index in [1.807, 2.05) is 0 Å². The Morgan fingerprint density at radius 3 is 2.76 bits per heavy atom. The maximum atomic E-state index is 12.1. The van der Waals surface area contributed by atoms with E-state index in [9.17, 15) is 9.59 Å². The molecular formula is C18H23ClN2O4. The van der Waals surface area contributed by atoms with E-state index in [-0.39, 0.29) is 24.1 Å². The van der Waals surface area contributed by atoms with E-state index < -0.39 is 5.97 Å². The van der Waals surface area contributed by atoms with Crippen LogP contribution in [-0.4, -0.2) is 32.1 Å². The Hall–Kier alpha value is -2.05. The van der Waals surface area contributed by atoms with Crippen molar-refractivity contribution < 1.29 is 18.7 Å². The minimum absolute atomic E-state index is 0. The van der Waals surface area contributed by atoms with Crippen LogP contribution < -0.4 is 10.6 Å². The largest absolute Gasteiger partial charge is 0.463 e. The van der Waals surface area contributed by atoms with Gasteiger partial charge < -0.3 is 19.8 Å². The zero-order valence-corrected chi connectivity index (χ0v) is 15.0. The van der Waals surface area contributed by atoms with Crippen molar-refractivity contribution in [2.45, 2.75) is 25.7 Å². The minimum atomic E-state index is -0.515. The number of carbonyl (C=O) groups is 2. The van der Waals surface area contributed by atoms with Gasteiger partial charge in [-0.15, -0.1) is 12.4 Å². The van der Waals surface area contributed by atoms with Crippen LogP contribution in [0.4, 0.5) is 5.69 Å². The number of ether oxygens (including phenoxy) is 1. The molecule has 1 saturated heterocycles. The summed E-state index contributed by atoms with van der Waals surface area (Å²) in [6.07, 6.45) is 3.74. The average Bonchev–Trinajstić information content (AvgIpc) is 3.03. The average molecular weight is 367 g/mol. The van der Waals surface area contributed by atoms with Crippen LogP contribution in [0.3, 0.4) is 0 Å². The standard InChI is InChI=1S/C18H22N2O4.ClH/c1-23-18(22)16-11-13-10-14(3-4-15(13)24-16)20-17(21)5-2-12-6-8-19-9-7-12;/h3-4,10-12,19H,2,5-9H2,1H3,(H,20,21);1H. The van der Waals surface area contributed by atoms with E-state index in [0.717, 1.165) is 37.7 Å². The summed E-state index contributed by atoms with van der Waals surface area (Å²) >= 11 is 0. The van der Waals surface area contributed by atoms with E-state index in [2.05, 4.69) is 15.4 Å². The summed E-state index contributed by atoms with van der Waals surface area (Å²) in [6.45, 7) is 2.10. The number of fused-ring (bicyclic) bond motifs is 1. The van der Waals surface area contributed by atoms with Gasteiger partial charge in [-0.25, -0.2) is 4.79 Å². The lowest BCUT2D eigenvalue weighted by Crippen LogP contribution is -2.28. The summed E-state index contributed by atoms with van der Waals surface area (Å²) in [5.41, 5.74) is 1.29. The van der Waals surface area contributed by atoms with Crippen LogP contribution in [0.5, 0.6) is 0 Å². The molecule has 0 saturated carbocycles. The van der Waals surface area contributed by atoms with Crippen molar-refractivity contribution in [3.63, 3.8) is 0 Å². The number of rotatable bonds is 5. The summed E-state index contributed by atoms with van der Waals surface area (Å²) in [7, 11) is 1.31. The third-order valence-electron chi connectivity index (χ3n) is 4.43. The first kappa shape index (κ1) is 19.3. The Bertz CT molecular complexity index is 738. The fourth-order valence-electron chi connectivity index (χ4n) is 3.05. The van der Waals surface area contributed by atoms with Crippen LogP contribution in [-0.2, 0) is 9.53 Å². The van der Waals surface area contributed by atoms with Gasteiger partial charge in [-0.3, -0.25) is 4.79 Å². The molecule has 1 aromatic carbocycles.